The fourth-order valence-electron chi connectivity index (χ4n) is 1.29. The Kier molecular flexibility index (Phi) is 4.41. The molecule has 1 aromatic rings. The molecular weight excluding hydrogens is 240 g/mol. The van der Waals surface area contributed by atoms with Gasteiger partial charge in [0.25, 0.3) is 5.91 Å². The standard InChI is InChI=1S/C10H14N4O4/c1-5-3-7(14-18-5)10(17)13-6(4-8(11)15)9(16)12-2/h3,6H,4H2,1-2H3,(H2,11,15)(H,12,16)(H,13,17)/t6-/m0/s1. The van der Waals surface area contributed by atoms with Crippen molar-refractivity contribution in [1.29, 1.82) is 0 Å². The van der Waals surface area contributed by atoms with Gasteiger partial charge < -0.3 is 20.9 Å². The first-order valence-electron chi connectivity index (χ1n) is 5.18. The first kappa shape index (κ1) is 13.7. The second-order valence-electron chi connectivity index (χ2n) is 3.63. The van der Waals surface area contributed by atoms with E-state index in [1.807, 2.05) is 0 Å². The van der Waals surface area contributed by atoms with Crippen LogP contribution in [-0.4, -0.2) is 36.0 Å². The number of hydrogen-bond donors (Lipinski definition) is 3. The van der Waals surface area contributed by atoms with E-state index in [9.17, 15) is 14.4 Å². The highest BCUT2D eigenvalue weighted by atomic mass is 16.5. The van der Waals surface area contributed by atoms with E-state index in [1.54, 1.807) is 6.92 Å². The number of carbonyl (C=O) groups excluding carboxylic acids is 3. The molecule has 1 atom stereocenters. The van der Waals surface area contributed by atoms with Crippen LogP contribution in [0.5, 0.6) is 0 Å². The van der Waals surface area contributed by atoms with Gasteiger partial charge in [-0.05, 0) is 6.92 Å². The summed E-state index contributed by atoms with van der Waals surface area (Å²) in [5.41, 5.74) is 5.03. The fourth-order valence-corrected chi connectivity index (χ4v) is 1.29. The molecule has 1 aromatic heterocycles. The van der Waals surface area contributed by atoms with E-state index in [-0.39, 0.29) is 12.1 Å². The van der Waals surface area contributed by atoms with Crippen LogP contribution in [0.3, 0.4) is 0 Å². The van der Waals surface area contributed by atoms with Crippen molar-refractivity contribution < 1.29 is 18.9 Å². The first-order chi connectivity index (χ1) is 8.43. The van der Waals surface area contributed by atoms with Crippen LogP contribution in [0.1, 0.15) is 22.7 Å². The molecule has 18 heavy (non-hydrogen) atoms. The van der Waals surface area contributed by atoms with E-state index in [4.69, 9.17) is 10.3 Å². The maximum Gasteiger partial charge on any atom is 0.274 e. The number of rotatable bonds is 5. The average molecular weight is 254 g/mol. The lowest BCUT2D eigenvalue weighted by atomic mass is 10.1. The Hall–Kier alpha value is -2.38. The molecule has 1 heterocycles. The number of nitrogens with two attached hydrogens (primary N) is 1. The van der Waals surface area contributed by atoms with Gasteiger partial charge in [-0.1, -0.05) is 5.16 Å². The smallest absolute Gasteiger partial charge is 0.274 e. The summed E-state index contributed by atoms with van der Waals surface area (Å²) < 4.78 is 4.73. The fraction of sp³-hybridized carbons (Fsp3) is 0.400. The lowest BCUT2D eigenvalue weighted by molar-refractivity contribution is -0.126. The molecule has 0 spiro atoms. The van der Waals surface area contributed by atoms with Gasteiger partial charge in [-0.25, -0.2) is 0 Å². The minimum absolute atomic E-state index is 0.0332. The maximum atomic E-state index is 11.7. The molecule has 0 saturated heterocycles. The Morgan fingerprint density at radius 3 is 2.61 bits per heavy atom. The summed E-state index contributed by atoms with van der Waals surface area (Å²) >= 11 is 0. The van der Waals surface area contributed by atoms with Gasteiger partial charge in [-0.3, -0.25) is 14.4 Å². The SMILES string of the molecule is CNC(=O)[C@H](CC(N)=O)NC(=O)c1cc(C)on1. The summed E-state index contributed by atoms with van der Waals surface area (Å²) in [5.74, 6) is -1.35. The van der Waals surface area contributed by atoms with Crippen LogP contribution in [0.2, 0.25) is 0 Å². The second-order valence-corrected chi connectivity index (χ2v) is 3.63. The first-order valence-corrected chi connectivity index (χ1v) is 5.18. The number of nitrogens with one attached hydrogen (secondary N) is 2. The minimum Gasteiger partial charge on any atom is -0.370 e. The van der Waals surface area contributed by atoms with Crippen LogP contribution < -0.4 is 16.4 Å². The highest BCUT2D eigenvalue weighted by Gasteiger charge is 2.23. The normalized spacial score (nSPS) is 11.7. The van der Waals surface area contributed by atoms with E-state index in [0.29, 0.717) is 5.76 Å². The molecule has 0 aliphatic carbocycles. The molecule has 0 saturated carbocycles. The van der Waals surface area contributed by atoms with Crippen molar-refractivity contribution in [3.63, 3.8) is 0 Å². The van der Waals surface area contributed by atoms with Gasteiger partial charge in [-0.2, -0.15) is 0 Å². The molecule has 3 amide bonds. The summed E-state index contributed by atoms with van der Waals surface area (Å²) in [5, 5.41) is 8.18. The molecule has 0 fully saturated rings. The highest BCUT2D eigenvalue weighted by molar-refractivity contribution is 5.97. The van der Waals surface area contributed by atoms with Crippen molar-refractivity contribution in [2.75, 3.05) is 7.05 Å². The molecule has 8 nitrogen and oxygen atoms in total. The molecule has 0 aliphatic rings. The Labute approximate surface area is 103 Å². The van der Waals surface area contributed by atoms with E-state index in [2.05, 4.69) is 15.8 Å². The van der Waals surface area contributed by atoms with Crippen LogP contribution in [0.25, 0.3) is 0 Å². The summed E-state index contributed by atoms with van der Waals surface area (Å²) in [7, 11) is 1.39. The summed E-state index contributed by atoms with van der Waals surface area (Å²) in [6.07, 6.45) is -0.289. The third-order valence-corrected chi connectivity index (χ3v) is 2.13. The maximum absolute atomic E-state index is 11.7. The zero-order valence-electron chi connectivity index (χ0n) is 10.0. The van der Waals surface area contributed by atoms with Crippen LogP contribution in [0, 0.1) is 6.92 Å². The van der Waals surface area contributed by atoms with Gasteiger partial charge in [0.2, 0.25) is 11.8 Å². The lowest BCUT2D eigenvalue weighted by Crippen LogP contribution is -2.47. The summed E-state index contributed by atoms with van der Waals surface area (Å²) in [6, 6.07) is 0.387. The van der Waals surface area contributed by atoms with Crippen LogP contribution in [-0.2, 0) is 9.59 Å². The van der Waals surface area contributed by atoms with Crippen molar-refractivity contribution in [2.45, 2.75) is 19.4 Å². The van der Waals surface area contributed by atoms with Gasteiger partial charge in [0.1, 0.15) is 11.8 Å². The predicted octanol–water partition coefficient (Wildman–Crippen LogP) is -1.30. The van der Waals surface area contributed by atoms with Crippen molar-refractivity contribution in [1.82, 2.24) is 15.8 Å². The molecule has 0 aromatic carbocycles. The number of aromatic nitrogens is 1. The van der Waals surface area contributed by atoms with Crippen LogP contribution in [0.4, 0.5) is 0 Å². The van der Waals surface area contributed by atoms with Crippen LogP contribution in [0.15, 0.2) is 10.6 Å². The average Bonchev–Trinajstić information content (AvgIpc) is 2.73. The van der Waals surface area contributed by atoms with Gasteiger partial charge in [-0.15, -0.1) is 0 Å². The van der Waals surface area contributed by atoms with Crippen molar-refractivity contribution in [3.05, 3.63) is 17.5 Å². The van der Waals surface area contributed by atoms with E-state index >= 15 is 0 Å². The number of likely N-dealkylation sites (N-methyl/N-ethyl adjacent to an activating group) is 1. The topological polar surface area (TPSA) is 127 Å². The second kappa shape index (κ2) is 5.80. The number of hydrogen-bond acceptors (Lipinski definition) is 5. The molecule has 4 N–H and O–H groups in total. The molecule has 1 rings (SSSR count). The third-order valence-electron chi connectivity index (χ3n) is 2.13. The number of amides is 3. The quantitative estimate of drug-likeness (QED) is 0.602. The van der Waals surface area contributed by atoms with Crippen LogP contribution >= 0.6 is 0 Å². The minimum atomic E-state index is -1.03. The van der Waals surface area contributed by atoms with Crippen molar-refractivity contribution in [3.8, 4) is 0 Å². The predicted molar refractivity (Wildman–Crippen MR) is 60.4 cm³/mol. The van der Waals surface area contributed by atoms with Gasteiger partial charge in [0, 0.05) is 13.1 Å². The number of nitrogens with zero attached hydrogens (tertiary/aromatic N) is 1. The number of carbonyl (C=O) groups is 3. The monoisotopic (exact) mass is 254 g/mol. The molecule has 0 radical (unpaired) electrons. The Morgan fingerprint density at radius 1 is 1.50 bits per heavy atom. The molecule has 98 valence electrons. The van der Waals surface area contributed by atoms with Crippen molar-refractivity contribution in [2.24, 2.45) is 5.73 Å². The Bertz CT molecular complexity index is 468. The molecule has 0 aliphatic heterocycles. The lowest BCUT2D eigenvalue weighted by Gasteiger charge is -2.14. The highest BCUT2D eigenvalue weighted by Crippen LogP contribution is 2.02. The van der Waals surface area contributed by atoms with E-state index in [1.165, 1.54) is 13.1 Å². The summed E-state index contributed by atoms with van der Waals surface area (Å²) in [4.78, 5) is 34.0. The Morgan fingerprint density at radius 2 is 2.17 bits per heavy atom. The molecule has 8 heteroatoms. The van der Waals surface area contributed by atoms with Gasteiger partial charge >= 0.3 is 0 Å². The van der Waals surface area contributed by atoms with Gasteiger partial charge in [0.15, 0.2) is 5.69 Å². The Balaban J connectivity index is 2.74. The van der Waals surface area contributed by atoms with E-state index in [0.717, 1.165) is 0 Å². The largest absolute Gasteiger partial charge is 0.370 e. The third kappa shape index (κ3) is 3.58. The molecular formula is C10H14N4O4. The summed E-state index contributed by atoms with van der Waals surface area (Å²) in [6.45, 7) is 1.63. The zero-order valence-corrected chi connectivity index (χ0v) is 10.0. The molecule has 0 unspecified atom stereocenters. The number of primary amides is 1. The molecule has 0 bridgehead atoms. The van der Waals surface area contributed by atoms with Gasteiger partial charge in [0.05, 0.1) is 6.42 Å². The van der Waals surface area contributed by atoms with E-state index < -0.39 is 23.8 Å². The zero-order chi connectivity index (χ0) is 13.7. The number of aryl methyl sites for hydroxylation is 1. The van der Waals surface area contributed by atoms with Crippen molar-refractivity contribution >= 4 is 17.7 Å².